The van der Waals surface area contributed by atoms with Gasteiger partial charge in [-0.05, 0) is 81.5 Å². The van der Waals surface area contributed by atoms with E-state index in [1.807, 2.05) is 6.07 Å². The molecule has 39 heavy (non-hydrogen) atoms. The second-order valence-electron chi connectivity index (χ2n) is 11.8. The predicted octanol–water partition coefficient (Wildman–Crippen LogP) is 7.78. The lowest BCUT2D eigenvalue weighted by atomic mass is 9.91. The number of rotatable bonds is 15. The van der Waals surface area contributed by atoms with Crippen molar-refractivity contribution in [3.8, 4) is 0 Å². The van der Waals surface area contributed by atoms with Gasteiger partial charge in [-0.15, -0.1) is 0 Å². The number of para-hydroxylation sites is 1. The summed E-state index contributed by atoms with van der Waals surface area (Å²) in [7, 11) is 0. The van der Waals surface area contributed by atoms with E-state index < -0.39 is 0 Å². The fourth-order valence-corrected chi connectivity index (χ4v) is 6.64. The van der Waals surface area contributed by atoms with Gasteiger partial charge in [0.2, 0.25) is 5.56 Å². The number of nitrogens with one attached hydrogen (secondary N) is 3. The van der Waals surface area contributed by atoms with Crippen molar-refractivity contribution >= 4 is 16.6 Å². The molecule has 5 rings (SSSR count). The Balaban J connectivity index is 0.889. The largest absolute Gasteiger partial charge is 0.384 e. The first-order valence-corrected chi connectivity index (χ1v) is 15.9. The molecule has 0 fully saturated rings. The second-order valence-corrected chi connectivity index (χ2v) is 11.8. The lowest BCUT2D eigenvalue weighted by Crippen LogP contribution is -2.28. The highest BCUT2D eigenvalue weighted by Crippen LogP contribution is 2.33. The molecule has 0 aliphatic heterocycles. The van der Waals surface area contributed by atoms with Crippen LogP contribution in [0.25, 0.3) is 10.9 Å². The maximum absolute atomic E-state index is 11.6. The summed E-state index contributed by atoms with van der Waals surface area (Å²) in [5, 5.41) is 8.85. The van der Waals surface area contributed by atoms with Crippen molar-refractivity contribution in [2.45, 2.75) is 115 Å². The van der Waals surface area contributed by atoms with Crippen LogP contribution in [0.4, 0.5) is 5.69 Å². The molecule has 3 aromatic rings. The molecule has 5 nitrogen and oxygen atoms in total. The molecule has 2 aromatic heterocycles. The first kappa shape index (κ1) is 27.9. The zero-order valence-electron chi connectivity index (χ0n) is 23.8. The van der Waals surface area contributed by atoms with E-state index in [0.717, 1.165) is 43.6 Å². The van der Waals surface area contributed by atoms with Gasteiger partial charge in [0.1, 0.15) is 0 Å². The van der Waals surface area contributed by atoms with Gasteiger partial charge in [0.05, 0.1) is 5.52 Å². The van der Waals surface area contributed by atoms with Crippen molar-refractivity contribution in [3.05, 3.63) is 69.3 Å². The number of aromatic nitrogens is 2. The van der Waals surface area contributed by atoms with Crippen molar-refractivity contribution in [1.29, 1.82) is 0 Å². The number of fused-ring (bicyclic) bond motifs is 3. The number of H-pyrrole nitrogens is 1. The summed E-state index contributed by atoms with van der Waals surface area (Å²) in [5.41, 5.74) is 7.79. The van der Waals surface area contributed by atoms with Gasteiger partial charge in [-0.2, -0.15) is 0 Å². The molecule has 0 saturated carbocycles. The molecular formula is C34H48N4O. The van der Waals surface area contributed by atoms with Crippen molar-refractivity contribution < 1.29 is 0 Å². The van der Waals surface area contributed by atoms with Gasteiger partial charge in [0.15, 0.2) is 0 Å². The van der Waals surface area contributed by atoms with E-state index in [1.165, 1.54) is 118 Å². The Bertz CT molecular complexity index is 1250. The van der Waals surface area contributed by atoms with Crippen LogP contribution in [0.5, 0.6) is 0 Å². The summed E-state index contributed by atoms with van der Waals surface area (Å²) < 4.78 is 0. The van der Waals surface area contributed by atoms with Crippen LogP contribution >= 0.6 is 0 Å². The molecule has 0 amide bonds. The maximum Gasteiger partial charge on any atom is 0.248 e. The first-order chi connectivity index (χ1) is 19.3. The smallest absolute Gasteiger partial charge is 0.248 e. The monoisotopic (exact) mass is 528 g/mol. The van der Waals surface area contributed by atoms with E-state index in [2.05, 4.69) is 39.9 Å². The summed E-state index contributed by atoms with van der Waals surface area (Å²) in [6.07, 6.45) is 21.6. The number of unbranched alkanes of at least 4 members (excludes halogenated alkanes) is 9. The van der Waals surface area contributed by atoms with E-state index in [-0.39, 0.29) is 5.56 Å². The summed E-state index contributed by atoms with van der Waals surface area (Å²) in [5.74, 6) is 0. The van der Waals surface area contributed by atoms with Gasteiger partial charge in [-0.3, -0.25) is 9.78 Å². The number of pyridine rings is 2. The summed E-state index contributed by atoms with van der Waals surface area (Å²) in [6, 6.07) is 12.7. The zero-order valence-corrected chi connectivity index (χ0v) is 23.8. The number of nitrogens with zero attached hydrogens (tertiary/aromatic N) is 1. The Morgan fingerprint density at radius 3 is 2.31 bits per heavy atom. The number of hydrogen-bond acceptors (Lipinski definition) is 4. The molecule has 1 aromatic carbocycles. The fourth-order valence-electron chi connectivity index (χ4n) is 6.64. The average Bonchev–Trinajstić information content (AvgIpc) is 2.96. The number of aryl methyl sites for hydroxylation is 2. The van der Waals surface area contributed by atoms with Crippen LogP contribution in [0.15, 0.2) is 41.2 Å². The Kier molecular flexibility index (Phi) is 10.5. The Hall–Kier alpha value is -2.66. The standard InChI is InChI=1S/C34H48N4O/c39-33-23-22-26-29(20-15-21-30(26)38-33)35-24-13-7-5-3-1-2-4-6-8-14-25-36-34-27-16-9-11-18-31(27)37-32-19-12-10-17-28(32)34/h9,11,16,18,22-23,29,35H,1-8,10,12-15,17,19-21,24-25H2,(H,36,37)(H,38,39)/t29-/m0/s1. The molecule has 2 aliphatic carbocycles. The third-order valence-corrected chi connectivity index (χ3v) is 8.80. The minimum absolute atomic E-state index is 0.0270. The molecule has 0 spiro atoms. The summed E-state index contributed by atoms with van der Waals surface area (Å²) in [4.78, 5) is 19.6. The predicted molar refractivity (Wildman–Crippen MR) is 164 cm³/mol. The minimum Gasteiger partial charge on any atom is -0.384 e. The van der Waals surface area contributed by atoms with Gasteiger partial charge >= 0.3 is 0 Å². The lowest BCUT2D eigenvalue weighted by molar-refractivity contribution is 0.442. The van der Waals surface area contributed by atoms with Gasteiger partial charge in [-0.25, -0.2) is 0 Å². The van der Waals surface area contributed by atoms with Crippen LogP contribution in [0.1, 0.15) is 118 Å². The third-order valence-electron chi connectivity index (χ3n) is 8.80. The number of hydrogen-bond donors (Lipinski definition) is 3. The molecule has 2 aliphatic rings. The Morgan fingerprint density at radius 2 is 1.49 bits per heavy atom. The third kappa shape index (κ3) is 7.72. The summed E-state index contributed by atoms with van der Waals surface area (Å²) in [6.45, 7) is 2.15. The normalized spacial score (nSPS) is 16.7. The van der Waals surface area contributed by atoms with Crippen LogP contribution < -0.4 is 16.2 Å². The molecule has 0 saturated heterocycles. The Labute approximate surface area is 234 Å². The van der Waals surface area contributed by atoms with E-state index >= 15 is 0 Å². The molecule has 1 atom stereocenters. The Morgan fingerprint density at radius 1 is 0.769 bits per heavy atom. The molecule has 0 radical (unpaired) electrons. The molecule has 2 heterocycles. The van der Waals surface area contributed by atoms with Gasteiger partial charge in [-0.1, -0.05) is 75.6 Å². The van der Waals surface area contributed by atoms with Crippen LogP contribution in [-0.4, -0.2) is 23.1 Å². The van der Waals surface area contributed by atoms with Crippen LogP contribution in [-0.2, 0) is 19.3 Å². The zero-order chi connectivity index (χ0) is 26.7. The van der Waals surface area contributed by atoms with Crippen molar-refractivity contribution in [2.24, 2.45) is 0 Å². The molecule has 5 heteroatoms. The van der Waals surface area contributed by atoms with E-state index in [1.54, 1.807) is 6.07 Å². The minimum atomic E-state index is 0.0270. The number of benzene rings is 1. The topological polar surface area (TPSA) is 69.8 Å². The molecule has 210 valence electrons. The molecule has 0 unspecified atom stereocenters. The SMILES string of the molecule is O=c1ccc2c([nH]1)CCC[C@@H]2NCCCCCCCCCCCCNc1c2c(nc3ccccc13)CCCC2. The highest BCUT2D eigenvalue weighted by molar-refractivity contribution is 5.93. The molecule has 0 bridgehead atoms. The van der Waals surface area contributed by atoms with Crippen LogP contribution in [0, 0.1) is 0 Å². The van der Waals surface area contributed by atoms with E-state index in [9.17, 15) is 4.79 Å². The maximum atomic E-state index is 11.6. The van der Waals surface area contributed by atoms with Gasteiger partial charge < -0.3 is 15.6 Å². The highest BCUT2D eigenvalue weighted by Gasteiger charge is 2.20. The molecule has 3 N–H and O–H groups in total. The van der Waals surface area contributed by atoms with Crippen LogP contribution in [0.2, 0.25) is 0 Å². The number of anilines is 1. The lowest BCUT2D eigenvalue weighted by Gasteiger charge is -2.26. The van der Waals surface area contributed by atoms with Crippen LogP contribution in [0.3, 0.4) is 0 Å². The molecular weight excluding hydrogens is 480 g/mol. The van der Waals surface area contributed by atoms with Crippen molar-refractivity contribution in [2.75, 3.05) is 18.4 Å². The quantitative estimate of drug-likeness (QED) is 0.176. The van der Waals surface area contributed by atoms with Gasteiger partial charge in [0.25, 0.3) is 0 Å². The van der Waals surface area contributed by atoms with Crippen molar-refractivity contribution in [1.82, 2.24) is 15.3 Å². The fraction of sp³-hybridized carbons (Fsp3) is 0.588. The summed E-state index contributed by atoms with van der Waals surface area (Å²) >= 11 is 0. The average molecular weight is 529 g/mol. The second kappa shape index (κ2) is 14.6. The first-order valence-electron chi connectivity index (χ1n) is 15.9. The van der Waals surface area contributed by atoms with E-state index in [0.29, 0.717) is 6.04 Å². The highest BCUT2D eigenvalue weighted by atomic mass is 16.1. The van der Waals surface area contributed by atoms with Gasteiger partial charge in [0, 0.05) is 41.1 Å². The van der Waals surface area contributed by atoms with Crippen molar-refractivity contribution in [3.63, 3.8) is 0 Å². The van der Waals surface area contributed by atoms with E-state index in [4.69, 9.17) is 4.98 Å². The number of aromatic amines is 1.